The summed E-state index contributed by atoms with van der Waals surface area (Å²) in [6, 6.07) is 3.22. The molecule has 2 aromatic rings. The van der Waals surface area contributed by atoms with Crippen molar-refractivity contribution >= 4 is 38.9 Å². The van der Waals surface area contributed by atoms with Crippen LogP contribution >= 0.6 is 15.9 Å². The van der Waals surface area contributed by atoms with Gasteiger partial charge in [-0.3, -0.25) is 0 Å². The molecule has 1 aromatic heterocycles. The van der Waals surface area contributed by atoms with Crippen molar-refractivity contribution in [3.8, 4) is 0 Å². The molecule has 6 heteroatoms. The number of nitrogen functional groups attached to an aromatic ring is 1. The van der Waals surface area contributed by atoms with Crippen molar-refractivity contribution in [2.45, 2.75) is 0 Å². The molecule has 72 valence electrons. The van der Waals surface area contributed by atoms with Crippen molar-refractivity contribution < 1.29 is 9.90 Å². The second kappa shape index (κ2) is 2.98. The fourth-order valence-electron chi connectivity index (χ4n) is 1.26. The minimum atomic E-state index is -1.03. The molecule has 0 fully saturated rings. The molecule has 0 radical (unpaired) electrons. The van der Waals surface area contributed by atoms with Crippen LogP contribution in [0.25, 0.3) is 11.0 Å². The van der Waals surface area contributed by atoms with E-state index in [0.29, 0.717) is 15.5 Å². The van der Waals surface area contributed by atoms with E-state index in [2.05, 4.69) is 25.9 Å². The van der Waals surface area contributed by atoms with Crippen molar-refractivity contribution in [2.24, 2.45) is 0 Å². The number of anilines is 1. The number of halogens is 1. The van der Waals surface area contributed by atoms with Crippen LogP contribution in [-0.4, -0.2) is 21.0 Å². The minimum absolute atomic E-state index is 0.127. The summed E-state index contributed by atoms with van der Waals surface area (Å²) in [5.41, 5.74) is 6.54. The number of aromatic amines is 1. The molecule has 4 N–H and O–H groups in total. The number of nitrogens with two attached hydrogens (primary N) is 1. The summed E-state index contributed by atoms with van der Waals surface area (Å²) in [6.45, 7) is 0. The van der Waals surface area contributed by atoms with E-state index in [9.17, 15) is 4.79 Å². The molecule has 0 saturated heterocycles. The van der Waals surface area contributed by atoms with Gasteiger partial charge < -0.3 is 15.8 Å². The first-order chi connectivity index (χ1) is 6.58. The minimum Gasteiger partial charge on any atom is -0.478 e. The molecule has 1 aromatic carbocycles. The molecule has 0 aliphatic carbocycles. The Kier molecular flexibility index (Phi) is 1.92. The highest BCUT2D eigenvalue weighted by Crippen LogP contribution is 2.23. The molecule has 0 bridgehead atoms. The van der Waals surface area contributed by atoms with E-state index < -0.39 is 5.97 Å². The number of carboxylic acids is 1. The number of nitrogens with zero attached hydrogens (tertiary/aromatic N) is 1. The van der Waals surface area contributed by atoms with Crippen LogP contribution in [0.1, 0.15) is 10.4 Å². The number of carboxylic acid groups (broad SMARTS) is 1. The van der Waals surface area contributed by atoms with Crippen molar-refractivity contribution in [3.63, 3.8) is 0 Å². The van der Waals surface area contributed by atoms with Crippen LogP contribution in [0, 0.1) is 0 Å². The number of hydrogen-bond acceptors (Lipinski definition) is 3. The lowest BCUT2D eigenvalue weighted by atomic mass is 10.2. The molecule has 0 amide bonds. The van der Waals surface area contributed by atoms with E-state index >= 15 is 0 Å². The van der Waals surface area contributed by atoms with Gasteiger partial charge in [-0.05, 0) is 12.1 Å². The molecule has 14 heavy (non-hydrogen) atoms. The molecule has 0 saturated carbocycles. The third kappa shape index (κ3) is 1.33. The van der Waals surface area contributed by atoms with Crippen molar-refractivity contribution in [1.29, 1.82) is 0 Å². The number of fused-ring (bicyclic) bond motifs is 1. The topological polar surface area (TPSA) is 92.0 Å². The van der Waals surface area contributed by atoms with Gasteiger partial charge in [-0.2, -0.15) is 0 Å². The highest BCUT2D eigenvalue weighted by atomic mass is 79.9. The first-order valence-corrected chi connectivity index (χ1v) is 4.55. The number of H-pyrrole nitrogens is 1. The predicted molar refractivity (Wildman–Crippen MR) is 55.2 cm³/mol. The number of carbonyl (C=O) groups is 1. The van der Waals surface area contributed by atoms with Crippen LogP contribution < -0.4 is 5.73 Å². The van der Waals surface area contributed by atoms with Crippen LogP contribution in [0.2, 0.25) is 0 Å². The van der Waals surface area contributed by atoms with Gasteiger partial charge in [-0.25, -0.2) is 9.78 Å². The number of nitrogens with one attached hydrogen (secondary N) is 1. The van der Waals surface area contributed by atoms with E-state index in [1.165, 1.54) is 6.07 Å². The van der Waals surface area contributed by atoms with Gasteiger partial charge in [0.1, 0.15) is 5.52 Å². The SMILES string of the molecule is Nc1nc2c(C(=O)O)cc(Br)cc2[nH]1. The summed E-state index contributed by atoms with van der Waals surface area (Å²) in [4.78, 5) is 17.5. The number of aromatic nitrogens is 2. The van der Waals surface area contributed by atoms with Gasteiger partial charge in [-0.1, -0.05) is 15.9 Å². The van der Waals surface area contributed by atoms with Gasteiger partial charge in [0, 0.05) is 4.47 Å². The van der Waals surface area contributed by atoms with Crippen molar-refractivity contribution in [2.75, 3.05) is 5.73 Å². The van der Waals surface area contributed by atoms with E-state index in [4.69, 9.17) is 10.8 Å². The summed E-state index contributed by atoms with van der Waals surface area (Å²) >= 11 is 3.21. The zero-order valence-electron chi connectivity index (χ0n) is 6.91. The van der Waals surface area contributed by atoms with E-state index in [1.54, 1.807) is 6.07 Å². The Morgan fingerprint density at radius 1 is 1.57 bits per heavy atom. The molecule has 0 atom stereocenters. The summed E-state index contributed by atoms with van der Waals surface area (Å²) in [5.74, 6) is -0.816. The molecule has 1 heterocycles. The zero-order chi connectivity index (χ0) is 10.3. The first kappa shape index (κ1) is 9.01. The Morgan fingerprint density at radius 2 is 2.29 bits per heavy atom. The average Bonchev–Trinajstić information content (AvgIpc) is 2.42. The number of benzene rings is 1. The Bertz CT molecular complexity index is 521. The first-order valence-electron chi connectivity index (χ1n) is 3.76. The van der Waals surface area contributed by atoms with Crippen LogP contribution in [-0.2, 0) is 0 Å². The lowest BCUT2D eigenvalue weighted by molar-refractivity contribution is 0.0699. The van der Waals surface area contributed by atoms with Crippen LogP contribution in [0.15, 0.2) is 16.6 Å². The number of aromatic carboxylic acids is 1. The van der Waals surface area contributed by atoms with Gasteiger partial charge in [0.25, 0.3) is 0 Å². The molecular weight excluding hydrogens is 250 g/mol. The molecule has 0 spiro atoms. The van der Waals surface area contributed by atoms with Crippen LogP contribution in [0.5, 0.6) is 0 Å². The molecule has 0 unspecified atom stereocenters. The highest BCUT2D eigenvalue weighted by molar-refractivity contribution is 9.10. The fourth-order valence-corrected chi connectivity index (χ4v) is 1.72. The predicted octanol–water partition coefficient (Wildman–Crippen LogP) is 1.61. The maximum absolute atomic E-state index is 10.9. The monoisotopic (exact) mass is 255 g/mol. The van der Waals surface area contributed by atoms with Crippen molar-refractivity contribution in [1.82, 2.24) is 9.97 Å². The normalized spacial score (nSPS) is 10.6. The second-order valence-electron chi connectivity index (χ2n) is 2.78. The Hall–Kier alpha value is -1.56. The third-order valence-corrected chi connectivity index (χ3v) is 2.26. The molecule has 2 rings (SSSR count). The maximum Gasteiger partial charge on any atom is 0.338 e. The smallest absolute Gasteiger partial charge is 0.338 e. The Labute approximate surface area is 87.1 Å². The van der Waals surface area contributed by atoms with E-state index in [-0.39, 0.29) is 11.5 Å². The molecule has 0 aliphatic rings. The summed E-state index contributed by atoms with van der Waals surface area (Å²) < 4.78 is 0.672. The van der Waals surface area contributed by atoms with Crippen molar-refractivity contribution in [3.05, 3.63) is 22.2 Å². The second-order valence-corrected chi connectivity index (χ2v) is 3.69. The quantitative estimate of drug-likeness (QED) is 0.722. The lowest BCUT2D eigenvalue weighted by Gasteiger charge is -1.96. The van der Waals surface area contributed by atoms with E-state index in [0.717, 1.165) is 0 Å². The standard InChI is InChI=1S/C8H6BrN3O2/c9-3-1-4(7(13)14)6-5(2-3)11-8(10)12-6/h1-2H,(H,13,14)(H3,10,11,12). The third-order valence-electron chi connectivity index (χ3n) is 1.80. The number of imidazole rings is 1. The van der Waals surface area contributed by atoms with Gasteiger partial charge in [-0.15, -0.1) is 0 Å². The Balaban J connectivity index is 2.85. The lowest BCUT2D eigenvalue weighted by Crippen LogP contribution is -1.97. The molecule has 5 nitrogen and oxygen atoms in total. The van der Waals surface area contributed by atoms with Gasteiger partial charge in [0.05, 0.1) is 11.1 Å². The van der Waals surface area contributed by atoms with E-state index in [1.807, 2.05) is 0 Å². The zero-order valence-corrected chi connectivity index (χ0v) is 8.50. The van der Waals surface area contributed by atoms with Gasteiger partial charge in [0.15, 0.2) is 5.95 Å². The number of rotatable bonds is 1. The molecule has 0 aliphatic heterocycles. The summed E-state index contributed by atoms with van der Waals surface area (Å²) in [5, 5.41) is 8.90. The largest absolute Gasteiger partial charge is 0.478 e. The average molecular weight is 256 g/mol. The molecular formula is C8H6BrN3O2. The number of hydrogen-bond donors (Lipinski definition) is 3. The van der Waals surface area contributed by atoms with Crippen LogP contribution in [0.4, 0.5) is 5.95 Å². The fraction of sp³-hybridized carbons (Fsp3) is 0. The van der Waals surface area contributed by atoms with Crippen LogP contribution in [0.3, 0.4) is 0 Å². The highest BCUT2D eigenvalue weighted by Gasteiger charge is 2.12. The maximum atomic E-state index is 10.9. The Morgan fingerprint density at radius 3 is 2.93 bits per heavy atom. The summed E-state index contributed by atoms with van der Waals surface area (Å²) in [6.07, 6.45) is 0. The summed E-state index contributed by atoms with van der Waals surface area (Å²) in [7, 11) is 0. The van der Waals surface area contributed by atoms with Gasteiger partial charge in [0.2, 0.25) is 0 Å². The van der Waals surface area contributed by atoms with Gasteiger partial charge >= 0.3 is 5.97 Å².